The minimum absolute atomic E-state index is 0.0752. The maximum Gasteiger partial charge on any atom is 0.404 e. The molecule has 0 aromatic rings. The molecule has 0 saturated heterocycles. The number of carbonyl (C=O) groups is 2. The first-order chi connectivity index (χ1) is 7.23. The summed E-state index contributed by atoms with van der Waals surface area (Å²) in [4.78, 5) is 21.6. The smallest absolute Gasteiger partial charge is 0.404 e. The molecule has 0 aromatic heterocycles. The predicted molar refractivity (Wildman–Crippen MR) is 60.6 cm³/mol. The first-order valence-electron chi connectivity index (χ1n) is 5.18. The van der Waals surface area contributed by atoms with Crippen LogP contribution in [0.25, 0.3) is 0 Å². The van der Waals surface area contributed by atoms with Crippen LogP contribution in [0.15, 0.2) is 0 Å². The van der Waals surface area contributed by atoms with Crippen LogP contribution in [0.1, 0.15) is 27.2 Å². The van der Waals surface area contributed by atoms with E-state index in [-0.39, 0.29) is 36.9 Å². The molecule has 94 valence electrons. The third kappa shape index (κ3) is 7.05. The van der Waals surface area contributed by atoms with Crippen LogP contribution < -0.4 is 16.8 Å². The van der Waals surface area contributed by atoms with Gasteiger partial charge in [0, 0.05) is 12.5 Å². The average molecular weight is 231 g/mol. The molecule has 0 aliphatic carbocycles. The number of rotatable bonds is 5. The number of nitrogens with two attached hydrogens (primary N) is 2. The second-order valence-corrected chi connectivity index (χ2v) is 4.69. The van der Waals surface area contributed by atoms with E-state index in [1.807, 2.05) is 20.8 Å². The lowest BCUT2D eigenvalue weighted by atomic mass is 9.85. The molecule has 16 heavy (non-hydrogen) atoms. The molecule has 6 heteroatoms. The maximum absolute atomic E-state index is 11.4. The summed E-state index contributed by atoms with van der Waals surface area (Å²) in [6, 6.07) is -0.204. The van der Waals surface area contributed by atoms with Gasteiger partial charge in [-0.05, 0) is 5.41 Å². The van der Waals surface area contributed by atoms with Crippen molar-refractivity contribution in [3.05, 3.63) is 0 Å². The zero-order valence-electron chi connectivity index (χ0n) is 10.1. The van der Waals surface area contributed by atoms with E-state index < -0.39 is 6.09 Å². The maximum atomic E-state index is 11.4. The van der Waals surface area contributed by atoms with E-state index in [2.05, 4.69) is 10.1 Å². The highest BCUT2D eigenvalue weighted by Gasteiger charge is 2.22. The molecule has 6 nitrogen and oxygen atoms in total. The SMILES string of the molecule is CC(C)(C)C(N)CC(=O)NCCOC(N)=O. The zero-order chi connectivity index (χ0) is 12.8. The number of primary amides is 1. The zero-order valence-corrected chi connectivity index (χ0v) is 10.1. The highest BCUT2D eigenvalue weighted by atomic mass is 16.5. The second kappa shape index (κ2) is 6.32. The Kier molecular flexibility index (Phi) is 5.81. The summed E-state index contributed by atoms with van der Waals surface area (Å²) in [7, 11) is 0. The Bertz CT molecular complexity index is 248. The largest absolute Gasteiger partial charge is 0.448 e. The summed E-state index contributed by atoms with van der Waals surface area (Å²) in [5.41, 5.74) is 10.5. The minimum atomic E-state index is -0.847. The monoisotopic (exact) mass is 231 g/mol. The summed E-state index contributed by atoms with van der Waals surface area (Å²) >= 11 is 0. The van der Waals surface area contributed by atoms with Gasteiger partial charge < -0.3 is 21.5 Å². The molecule has 0 aromatic carbocycles. The van der Waals surface area contributed by atoms with Crippen molar-refractivity contribution < 1.29 is 14.3 Å². The number of nitrogens with one attached hydrogen (secondary N) is 1. The van der Waals surface area contributed by atoms with Crippen molar-refractivity contribution in [3.63, 3.8) is 0 Å². The van der Waals surface area contributed by atoms with Gasteiger partial charge in [-0.25, -0.2) is 4.79 Å². The molecule has 2 amide bonds. The van der Waals surface area contributed by atoms with Crippen LogP contribution in [0.5, 0.6) is 0 Å². The van der Waals surface area contributed by atoms with Gasteiger partial charge in [-0.1, -0.05) is 20.8 Å². The molecule has 1 atom stereocenters. The molecule has 0 radical (unpaired) electrons. The Balaban J connectivity index is 3.71. The van der Waals surface area contributed by atoms with Crippen LogP contribution in [0.4, 0.5) is 4.79 Å². The van der Waals surface area contributed by atoms with Crippen molar-refractivity contribution in [3.8, 4) is 0 Å². The van der Waals surface area contributed by atoms with Crippen LogP contribution in [-0.4, -0.2) is 31.2 Å². The number of hydrogen-bond acceptors (Lipinski definition) is 4. The molecule has 0 bridgehead atoms. The van der Waals surface area contributed by atoms with E-state index in [9.17, 15) is 9.59 Å². The van der Waals surface area contributed by atoms with E-state index in [1.165, 1.54) is 0 Å². The van der Waals surface area contributed by atoms with E-state index in [4.69, 9.17) is 11.5 Å². The fourth-order valence-electron chi connectivity index (χ4n) is 0.920. The third-order valence-corrected chi connectivity index (χ3v) is 2.19. The molecule has 0 heterocycles. The van der Waals surface area contributed by atoms with Gasteiger partial charge in [0.2, 0.25) is 5.91 Å². The van der Waals surface area contributed by atoms with Gasteiger partial charge in [-0.2, -0.15) is 0 Å². The lowest BCUT2D eigenvalue weighted by Gasteiger charge is -2.26. The van der Waals surface area contributed by atoms with E-state index in [0.717, 1.165) is 0 Å². The van der Waals surface area contributed by atoms with E-state index in [0.29, 0.717) is 0 Å². The lowest BCUT2D eigenvalue weighted by molar-refractivity contribution is -0.122. The van der Waals surface area contributed by atoms with Gasteiger partial charge in [0.15, 0.2) is 0 Å². The lowest BCUT2D eigenvalue weighted by Crippen LogP contribution is -2.40. The van der Waals surface area contributed by atoms with E-state index >= 15 is 0 Å². The normalized spacial score (nSPS) is 13.0. The Morgan fingerprint density at radius 2 is 1.94 bits per heavy atom. The van der Waals surface area contributed by atoms with Crippen LogP contribution in [0.3, 0.4) is 0 Å². The number of hydrogen-bond donors (Lipinski definition) is 3. The second-order valence-electron chi connectivity index (χ2n) is 4.69. The van der Waals surface area contributed by atoms with Crippen molar-refractivity contribution in [2.75, 3.05) is 13.2 Å². The Morgan fingerprint density at radius 3 is 2.38 bits per heavy atom. The molecule has 0 aliphatic rings. The first kappa shape index (κ1) is 14.7. The molecular formula is C10H21N3O3. The van der Waals surface area contributed by atoms with Gasteiger partial charge in [0.1, 0.15) is 6.61 Å². The Labute approximate surface area is 95.7 Å². The average Bonchev–Trinajstić information content (AvgIpc) is 2.10. The highest BCUT2D eigenvalue weighted by molar-refractivity contribution is 5.76. The molecular weight excluding hydrogens is 210 g/mol. The Morgan fingerprint density at radius 1 is 1.38 bits per heavy atom. The van der Waals surface area contributed by atoms with Gasteiger partial charge >= 0.3 is 6.09 Å². The van der Waals surface area contributed by atoms with E-state index in [1.54, 1.807) is 0 Å². The minimum Gasteiger partial charge on any atom is -0.448 e. The molecule has 0 aliphatic heterocycles. The van der Waals surface area contributed by atoms with Crippen LogP contribution >= 0.6 is 0 Å². The van der Waals surface area contributed by atoms with Crippen molar-refractivity contribution in [2.45, 2.75) is 33.2 Å². The molecule has 5 N–H and O–H groups in total. The van der Waals surface area contributed by atoms with Gasteiger partial charge in [-0.15, -0.1) is 0 Å². The summed E-state index contributed by atoms with van der Waals surface area (Å²) in [5, 5.41) is 2.59. The summed E-state index contributed by atoms with van der Waals surface area (Å²) in [5.74, 6) is -0.157. The van der Waals surface area contributed by atoms with Crippen LogP contribution in [-0.2, 0) is 9.53 Å². The molecule has 0 fully saturated rings. The fourth-order valence-corrected chi connectivity index (χ4v) is 0.920. The highest BCUT2D eigenvalue weighted by Crippen LogP contribution is 2.19. The summed E-state index contributed by atoms with van der Waals surface area (Å²) in [6.45, 7) is 6.24. The molecule has 1 unspecified atom stereocenters. The van der Waals surface area contributed by atoms with Crippen molar-refractivity contribution in [1.29, 1.82) is 0 Å². The standard InChI is InChI=1S/C10H21N3O3/c1-10(2,3)7(11)6-8(14)13-4-5-16-9(12)15/h7H,4-6,11H2,1-3H3,(H2,12,15)(H,13,14). The van der Waals surface area contributed by atoms with Gasteiger partial charge in [-0.3, -0.25) is 4.79 Å². The quantitative estimate of drug-likeness (QED) is 0.577. The van der Waals surface area contributed by atoms with Crippen LogP contribution in [0.2, 0.25) is 0 Å². The predicted octanol–water partition coefficient (Wildman–Crippen LogP) is -0.0386. The molecule has 0 rings (SSSR count). The molecule has 0 spiro atoms. The Hall–Kier alpha value is -1.30. The van der Waals surface area contributed by atoms with Crippen LogP contribution in [0, 0.1) is 5.41 Å². The van der Waals surface area contributed by atoms with Crippen molar-refractivity contribution >= 4 is 12.0 Å². The topological polar surface area (TPSA) is 107 Å². The first-order valence-corrected chi connectivity index (χ1v) is 5.18. The van der Waals surface area contributed by atoms with Crippen molar-refractivity contribution in [2.24, 2.45) is 16.9 Å². The number of carbonyl (C=O) groups excluding carboxylic acids is 2. The van der Waals surface area contributed by atoms with Crippen molar-refractivity contribution in [1.82, 2.24) is 5.32 Å². The number of amides is 2. The fraction of sp³-hybridized carbons (Fsp3) is 0.800. The number of ether oxygens (including phenoxy) is 1. The van der Waals surface area contributed by atoms with Gasteiger partial charge in [0.05, 0.1) is 6.54 Å². The summed E-state index contributed by atoms with van der Waals surface area (Å²) in [6.07, 6.45) is -0.597. The summed E-state index contributed by atoms with van der Waals surface area (Å²) < 4.78 is 4.46. The third-order valence-electron chi connectivity index (χ3n) is 2.19. The van der Waals surface area contributed by atoms with Gasteiger partial charge in [0.25, 0.3) is 0 Å². The molecule has 0 saturated carbocycles.